The molecule has 1 unspecified atom stereocenters. The molecule has 28 heavy (non-hydrogen) atoms. The van der Waals surface area contributed by atoms with Crippen molar-refractivity contribution in [1.29, 1.82) is 0 Å². The number of rotatable bonds is 5. The Morgan fingerprint density at radius 3 is 2.86 bits per heavy atom. The van der Waals surface area contributed by atoms with Gasteiger partial charge in [0.05, 0.1) is 31.1 Å². The molecule has 1 atom stereocenters. The summed E-state index contributed by atoms with van der Waals surface area (Å²) in [7, 11) is 0. The molecule has 1 N–H and O–H groups in total. The summed E-state index contributed by atoms with van der Waals surface area (Å²) in [6, 6.07) is 13.4. The number of carbonyl (C=O) groups is 1. The van der Waals surface area contributed by atoms with Gasteiger partial charge in [0.15, 0.2) is 5.69 Å². The zero-order chi connectivity index (χ0) is 19.5. The molecule has 0 radical (unpaired) electrons. The molecule has 8 heteroatoms. The predicted octanol–water partition coefficient (Wildman–Crippen LogP) is 3.34. The largest absolute Gasteiger partial charge is 0.492 e. The van der Waals surface area contributed by atoms with Crippen LogP contribution in [0.2, 0.25) is 0 Å². The minimum atomic E-state index is -0.378. The lowest BCUT2D eigenvalue weighted by Crippen LogP contribution is -2.24. The number of anilines is 1. The zero-order valence-corrected chi connectivity index (χ0v) is 15.3. The maximum atomic E-state index is 13.1. The van der Waals surface area contributed by atoms with Crippen LogP contribution in [-0.4, -0.2) is 27.5 Å². The van der Waals surface area contributed by atoms with Gasteiger partial charge in [-0.2, -0.15) is 0 Å². The first-order chi connectivity index (χ1) is 13.7. The van der Waals surface area contributed by atoms with Crippen molar-refractivity contribution in [2.75, 3.05) is 11.9 Å². The maximum absolute atomic E-state index is 13.1. The highest BCUT2D eigenvalue weighted by molar-refractivity contribution is 6.04. The maximum Gasteiger partial charge on any atom is 0.278 e. The molecule has 144 valence electrons. The van der Waals surface area contributed by atoms with Crippen LogP contribution in [0.15, 0.2) is 48.5 Å². The average molecular weight is 382 g/mol. The van der Waals surface area contributed by atoms with Gasteiger partial charge in [0, 0.05) is 0 Å². The third kappa shape index (κ3) is 3.59. The van der Waals surface area contributed by atoms with E-state index >= 15 is 0 Å². The van der Waals surface area contributed by atoms with Crippen LogP contribution >= 0.6 is 0 Å². The van der Waals surface area contributed by atoms with Crippen molar-refractivity contribution in [2.45, 2.75) is 26.2 Å². The van der Waals surface area contributed by atoms with E-state index in [1.165, 1.54) is 12.1 Å². The molecule has 0 saturated carbocycles. The number of carbonyl (C=O) groups excluding carboxylic acids is 1. The molecule has 2 aromatic carbocycles. The van der Waals surface area contributed by atoms with Crippen LogP contribution in [0.1, 0.15) is 34.8 Å². The van der Waals surface area contributed by atoms with E-state index in [9.17, 15) is 9.18 Å². The van der Waals surface area contributed by atoms with Gasteiger partial charge < -0.3 is 14.8 Å². The summed E-state index contributed by atoms with van der Waals surface area (Å²) < 4.78 is 26.2. The molecular weight excluding hydrogens is 363 g/mol. The molecule has 7 nitrogen and oxygen atoms in total. The Bertz CT molecular complexity index is 987. The normalized spacial score (nSPS) is 15.7. The fourth-order valence-electron chi connectivity index (χ4n) is 3.10. The second-order valence-corrected chi connectivity index (χ2v) is 6.30. The topological polar surface area (TPSA) is 78.3 Å². The summed E-state index contributed by atoms with van der Waals surface area (Å²) in [6.45, 7) is 2.96. The first-order valence-corrected chi connectivity index (χ1v) is 8.98. The minimum Gasteiger partial charge on any atom is -0.492 e. The molecule has 0 spiro atoms. The van der Waals surface area contributed by atoms with Gasteiger partial charge in [-0.1, -0.05) is 29.5 Å². The van der Waals surface area contributed by atoms with E-state index in [1.54, 1.807) is 28.9 Å². The Balaban J connectivity index is 1.51. The number of halogens is 1. The Hall–Kier alpha value is -3.26. The van der Waals surface area contributed by atoms with Crippen molar-refractivity contribution in [3.63, 3.8) is 0 Å². The molecule has 1 amide bonds. The number of fused-ring (bicyclic) bond motifs is 1. The Labute approximate surface area is 161 Å². The lowest BCUT2D eigenvalue weighted by Gasteiger charge is -2.24. The Kier molecular flexibility index (Phi) is 5.03. The Morgan fingerprint density at radius 1 is 1.29 bits per heavy atom. The highest BCUT2D eigenvalue weighted by Gasteiger charge is 2.28. The minimum absolute atomic E-state index is 0.185. The SMILES string of the molecule is CCOc1ccccc1NC(=O)c1nnn2c1COC(c1ccc(F)cc1)C2. The van der Waals surface area contributed by atoms with Gasteiger partial charge in [-0.05, 0) is 36.8 Å². The molecule has 0 bridgehead atoms. The van der Waals surface area contributed by atoms with Crippen LogP contribution in [-0.2, 0) is 17.9 Å². The quantitative estimate of drug-likeness (QED) is 0.732. The van der Waals surface area contributed by atoms with Crippen molar-refractivity contribution >= 4 is 11.6 Å². The summed E-state index contributed by atoms with van der Waals surface area (Å²) in [5, 5.41) is 10.9. The van der Waals surface area contributed by atoms with Gasteiger partial charge in [-0.15, -0.1) is 5.10 Å². The van der Waals surface area contributed by atoms with Crippen molar-refractivity contribution in [2.24, 2.45) is 0 Å². The lowest BCUT2D eigenvalue weighted by atomic mass is 10.1. The van der Waals surface area contributed by atoms with Crippen LogP contribution in [0.4, 0.5) is 10.1 Å². The molecule has 3 aromatic rings. The van der Waals surface area contributed by atoms with Crippen LogP contribution in [0.3, 0.4) is 0 Å². The first-order valence-electron chi connectivity index (χ1n) is 8.98. The summed E-state index contributed by atoms with van der Waals surface area (Å²) in [5.41, 5.74) is 2.23. The molecule has 4 rings (SSSR count). The lowest BCUT2D eigenvalue weighted by molar-refractivity contribution is -0.00174. The Morgan fingerprint density at radius 2 is 2.07 bits per heavy atom. The fraction of sp³-hybridized carbons (Fsp3) is 0.250. The molecule has 1 aliphatic rings. The third-order valence-electron chi connectivity index (χ3n) is 4.49. The molecule has 0 aliphatic carbocycles. The van der Waals surface area contributed by atoms with Crippen LogP contribution < -0.4 is 10.1 Å². The highest BCUT2D eigenvalue weighted by atomic mass is 19.1. The predicted molar refractivity (Wildman–Crippen MR) is 99.5 cm³/mol. The number of nitrogens with one attached hydrogen (secondary N) is 1. The van der Waals surface area contributed by atoms with E-state index in [4.69, 9.17) is 9.47 Å². The standard InChI is InChI=1S/C20H19FN4O3/c1-2-27-17-6-4-3-5-15(17)22-20(26)19-16-12-28-18(11-25(16)24-23-19)13-7-9-14(21)10-8-13/h3-10,18H,2,11-12H2,1H3,(H,22,26). The first kappa shape index (κ1) is 18.1. The van der Waals surface area contributed by atoms with Crippen molar-refractivity contribution in [1.82, 2.24) is 15.0 Å². The number of aromatic nitrogens is 3. The molecule has 1 aliphatic heterocycles. The van der Waals surface area contributed by atoms with Gasteiger partial charge in [-0.25, -0.2) is 9.07 Å². The van der Waals surface area contributed by atoms with E-state index in [1.807, 2.05) is 19.1 Å². The monoisotopic (exact) mass is 382 g/mol. The number of para-hydroxylation sites is 2. The molecular formula is C20H19FN4O3. The summed E-state index contributed by atoms with van der Waals surface area (Å²) >= 11 is 0. The van der Waals surface area contributed by atoms with Gasteiger partial charge >= 0.3 is 0 Å². The number of nitrogens with zero attached hydrogens (tertiary/aromatic N) is 3. The second-order valence-electron chi connectivity index (χ2n) is 6.30. The number of amides is 1. The van der Waals surface area contributed by atoms with E-state index in [-0.39, 0.29) is 30.1 Å². The van der Waals surface area contributed by atoms with E-state index in [0.29, 0.717) is 30.3 Å². The van der Waals surface area contributed by atoms with Crippen LogP contribution in [0, 0.1) is 5.82 Å². The smallest absolute Gasteiger partial charge is 0.278 e. The number of benzene rings is 2. The summed E-state index contributed by atoms with van der Waals surface area (Å²) in [6.07, 6.45) is -0.274. The van der Waals surface area contributed by atoms with E-state index in [2.05, 4.69) is 15.6 Å². The second kappa shape index (κ2) is 7.77. The number of hydrogen-bond acceptors (Lipinski definition) is 5. The van der Waals surface area contributed by atoms with Crippen molar-refractivity contribution in [3.8, 4) is 5.75 Å². The van der Waals surface area contributed by atoms with Crippen molar-refractivity contribution < 1.29 is 18.7 Å². The molecule has 0 saturated heterocycles. The third-order valence-corrected chi connectivity index (χ3v) is 4.49. The zero-order valence-electron chi connectivity index (χ0n) is 15.3. The molecule has 2 heterocycles. The van der Waals surface area contributed by atoms with E-state index < -0.39 is 0 Å². The van der Waals surface area contributed by atoms with Crippen LogP contribution in [0.25, 0.3) is 0 Å². The highest BCUT2D eigenvalue weighted by Crippen LogP contribution is 2.28. The van der Waals surface area contributed by atoms with Gasteiger partial charge in [0.1, 0.15) is 17.7 Å². The number of ether oxygens (including phenoxy) is 2. The van der Waals surface area contributed by atoms with Crippen molar-refractivity contribution in [3.05, 3.63) is 71.3 Å². The average Bonchev–Trinajstić information content (AvgIpc) is 3.13. The summed E-state index contributed by atoms with van der Waals surface area (Å²) in [5.74, 6) is -0.0865. The van der Waals surface area contributed by atoms with Gasteiger partial charge in [0.25, 0.3) is 5.91 Å². The molecule has 0 fully saturated rings. The fourth-order valence-corrected chi connectivity index (χ4v) is 3.10. The molecule has 1 aromatic heterocycles. The van der Waals surface area contributed by atoms with Crippen LogP contribution in [0.5, 0.6) is 5.75 Å². The number of hydrogen-bond donors (Lipinski definition) is 1. The summed E-state index contributed by atoms with van der Waals surface area (Å²) in [4.78, 5) is 12.7. The van der Waals surface area contributed by atoms with Gasteiger partial charge in [0.2, 0.25) is 0 Å². The van der Waals surface area contributed by atoms with Gasteiger partial charge in [-0.3, -0.25) is 4.79 Å². The van der Waals surface area contributed by atoms with E-state index in [0.717, 1.165) is 5.56 Å².